The van der Waals surface area contributed by atoms with Gasteiger partial charge in [-0.05, 0) is 0 Å². The Morgan fingerprint density at radius 3 is 3.00 bits per heavy atom. The van der Waals surface area contributed by atoms with E-state index in [1.807, 2.05) is 6.07 Å². The zero-order valence-electron chi connectivity index (χ0n) is 10.5. The number of urea groups is 1. The van der Waals surface area contributed by atoms with Crippen LogP contribution in [0, 0.1) is 11.3 Å². The number of ether oxygens (including phenoxy) is 2. The maximum Gasteiger partial charge on any atom is 0.317 e. The summed E-state index contributed by atoms with van der Waals surface area (Å²) in [5.41, 5.74) is 0. The third-order valence-corrected chi connectivity index (χ3v) is 2.48. The van der Waals surface area contributed by atoms with Crippen molar-refractivity contribution < 1.29 is 24.2 Å². The number of carbonyl (C=O) groups excluding carboxylic acids is 1. The molecule has 2 amide bonds. The quantitative estimate of drug-likeness (QED) is 0.624. The predicted molar refractivity (Wildman–Crippen MR) is 63.4 cm³/mol. The fourth-order valence-corrected chi connectivity index (χ4v) is 1.52. The number of nitriles is 1. The van der Waals surface area contributed by atoms with E-state index in [9.17, 15) is 9.59 Å². The summed E-state index contributed by atoms with van der Waals surface area (Å²) in [5, 5.41) is 19.7. The molecule has 19 heavy (non-hydrogen) atoms. The zero-order chi connectivity index (χ0) is 14.1. The molecule has 106 valence electrons. The molecule has 0 saturated carbocycles. The van der Waals surface area contributed by atoms with Crippen LogP contribution in [0.25, 0.3) is 0 Å². The van der Waals surface area contributed by atoms with Crippen molar-refractivity contribution in [3.8, 4) is 6.07 Å². The lowest BCUT2D eigenvalue weighted by Gasteiger charge is -2.29. The molecule has 1 saturated heterocycles. The molecule has 0 spiro atoms. The minimum absolute atomic E-state index is 0.0543. The second kappa shape index (κ2) is 8.29. The molecule has 0 bridgehead atoms. The molecule has 1 heterocycles. The Kier molecular flexibility index (Phi) is 6.63. The number of morpholine rings is 1. The van der Waals surface area contributed by atoms with Crippen LogP contribution in [-0.2, 0) is 14.3 Å². The molecule has 1 atom stereocenters. The van der Waals surface area contributed by atoms with Gasteiger partial charge in [-0.2, -0.15) is 5.26 Å². The Labute approximate surface area is 110 Å². The van der Waals surface area contributed by atoms with Gasteiger partial charge in [-0.1, -0.05) is 0 Å². The predicted octanol–water partition coefficient (Wildman–Crippen LogP) is -0.588. The summed E-state index contributed by atoms with van der Waals surface area (Å²) in [5.74, 6) is -0.917. The number of hydrogen-bond donors (Lipinski definition) is 2. The molecule has 0 aromatic heterocycles. The number of carboxylic acids is 1. The second-order valence-electron chi connectivity index (χ2n) is 3.92. The Bertz CT molecular complexity index is 355. The van der Waals surface area contributed by atoms with Crippen LogP contribution in [0.5, 0.6) is 0 Å². The van der Waals surface area contributed by atoms with E-state index in [2.05, 4.69) is 5.32 Å². The lowest BCUT2D eigenvalue weighted by Crippen LogP contribution is -2.49. The van der Waals surface area contributed by atoms with Crippen molar-refractivity contribution >= 4 is 12.0 Å². The molecular weight excluding hydrogens is 254 g/mol. The highest BCUT2D eigenvalue weighted by atomic mass is 16.5. The molecule has 1 rings (SSSR count). The highest BCUT2D eigenvalue weighted by Gasteiger charge is 2.23. The Hall–Kier alpha value is -1.85. The maximum absolute atomic E-state index is 11.7. The number of nitrogens with zero attached hydrogens (tertiary/aromatic N) is 2. The van der Waals surface area contributed by atoms with Gasteiger partial charge in [0.15, 0.2) is 6.10 Å². The van der Waals surface area contributed by atoms with E-state index >= 15 is 0 Å². The molecule has 8 nitrogen and oxygen atoms in total. The standard InChI is InChI=1S/C11H17N3O5/c12-7-9-8-14(3-6-19-9)11(17)13-2-5-18-4-1-10(15)16/h9H,1-6,8H2,(H,13,17)(H,15,16). The van der Waals surface area contributed by atoms with Crippen LogP contribution < -0.4 is 5.32 Å². The number of carbonyl (C=O) groups is 2. The average molecular weight is 271 g/mol. The molecule has 0 aromatic carbocycles. The summed E-state index contributed by atoms with van der Waals surface area (Å²) in [6, 6.07) is 1.69. The lowest BCUT2D eigenvalue weighted by molar-refractivity contribution is -0.138. The van der Waals surface area contributed by atoms with Gasteiger partial charge in [0.25, 0.3) is 0 Å². The van der Waals surface area contributed by atoms with Crippen molar-refractivity contribution in [2.45, 2.75) is 12.5 Å². The van der Waals surface area contributed by atoms with Gasteiger partial charge in [0.1, 0.15) is 0 Å². The fourth-order valence-electron chi connectivity index (χ4n) is 1.52. The molecule has 1 fully saturated rings. The zero-order valence-corrected chi connectivity index (χ0v) is 10.5. The number of aliphatic carboxylic acids is 1. The SMILES string of the molecule is N#CC1CN(C(=O)NCCOCCC(=O)O)CCO1. The van der Waals surface area contributed by atoms with Crippen LogP contribution in [0.15, 0.2) is 0 Å². The smallest absolute Gasteiger partial charge is 0.317 e. The van der Waals surface area contributed by atoms with E-state index in [0.717, 1.165) is 0 Å². The van der Waals surface area contributed by atoms with E-state index in [-0.39, 0.29) is 32.2 Å². The van der Waals surface area contributed by atoms with Crippen molar-refractivity contribution in [1.29, 1.82) is 5.26 Å². The van der Waals surface area contributed by atoms with Gasteiger partial charge in [-0.15, -0.1) is 0 Å². The van der Waals surface area contributed by atoms with Crippen LogP contribution in [0.4, 0.5) is 4.79 Å². The van der Waals surface area contributed by atoms with E-state index in [1.165, 1.54) is 4.90 Å². The summed E-state index contributed by atoms with van der Waals surface area (Å²) in [7, 11) is 0. The monoisotopic (exact) mass is 271 g/mol. The Morgan fingerprint density at radius 2 is 2.32 bits per heavy atom. The third kappa shape index (κ3) is 6.03. The van der Waals surface area contributed by atoms with Gasteiger partial charge < -0.3 is 24.8 Å². The first kappa shape index (κ1) is 15.2. The fraction of sp³-hybridized carbons (Fsp3) is 0.727. The molecular formula is C11H17N3O5. The van der Waals surface area contributed by atoms with Crippen LogP contribution in [-0.4, -0.2) is 67.6 Å². The van der Waals surface area contributed by atoms with Gasteiger partial charge >= 0.3 is 12.0 Å². The van der Waals surface area contributed by atoms with Crippen molar-refractivity contribution in [1.82, 2.24) is 10.2 Å². The minimum Gasteiger partial charge on any atom is -0.481 e. The van der Waals surface area contributed by atoms with Gasteiger partial charge in [0.2, 0.25) is 0 Å². The van der Waals surface area contributed by atoms with Gasteiger partial charge in [-0.3, -0.25) is 4.79 Å². The normalized spacial score (nSPS) is 18.7. The van der Waals surface area contributed by atoms with E-state index in [4.69, 9.17) is 19.8 Å². The number of nitrogens with one attached hydrogen (secondary N) is 1. The van der Waals surface area contributed by atoms with Crippen LogP contribution in [0.3, 0.4) is 0 Å². The first-order valence-corrected chi connectivity index (χ1v) is 5.97. The number of carboxylic acid groups (broad SMARTS) is 1. The molecule has 0 aliphatic carbocycles. The summed E-state index contributed by atoms with van der Waals surface area (Å²) < 4.78 is 10.2. The molecule has 8 heteroatoms. The number of hydrogen-bond acceptors (Lipinski definition) is 5. The Balaban J connectivity index is 2.10. The highest BCUT2D eigenvalue weighted by molar-refractivity contribution is 5.74. The summed E-state index contributed by atoms with van der Waals surface area (Å²) in [6.45, 7) is 1.73. The first-order valence-electron chi connectivity index (χ1n) is 5.97. The number of amides is 2. The molecule has 1 unspecified atom stereocenters. The van der Waals surface area contributed by atoms with E-state index in [0.29, 0.717) is 19.7 Å². The third-order valence-electron chi connectivity index (χ3n) is 2.48. The Morgan fingerprint density at radius 1 is 1.53 bits per heavy atom. The first-order chi connectivity index (χ1) is 9.13. The minimum atomic E-state index is -0.917. The van der Waals surface area contributed by atoms with Crippen molar-refractivity contribution in [3.05, 3.63) is 0 Å². The summed E-state index contributed by atoms with van der Waals surface area (Å²) in [4.78, 5) is 23.4. The van der Waals surface area contributed by atoms with Crippen LogP contribution in [0.2, 0.25) is 0 Å². The van der Waals surface area contributed by atoms with Crippen molar-refractivity contribution in [3.63, 3.8) is 0 Å². The topological polar surface area (TPSA) is 112 Å². The molecule has 1 aliphatic rings. The number of rotatable bonds is 6. The van der Waals surface area contributed by atoms with Gasteiger partial charge in [-0.25, -0.2) is 4.79 Å². The van der Waals surface area contributed by atoms with E-state index in [1.54, 1.807) is 0 Å². The summed E-state index contributed by atoms with van der Waals surface area (Å²) in [6.07, 6.45) is -0.632. The molecule has 2 N–H and O–H groups in total. The van der Waals surface area contributed by atoms with Crippen molar-refractivity contribution in [2.24, 2.45) is 0 Å². The van der Waals surface area contributed by atoms with Gasteiger partial charge in [0, 0.05) is 13.1 Å². The largest absolute Gasteiger partial charge is 0.481 e. The molecule has 0 aromatic rings. The van der Waals surface area contributed by atoms with Crippen molar-refractivity contribution in [2.75, 3.05) is 39.5 Å². The average Bonchev–Trinajstić information content (AvgIpc) is 2.42. The molecule has 1 aliphatic heterocycles. The van der Waals surface area contributed by atoms with Crippen LogP contribution in [0.1, 0.15) is 6.42 Å². The second-order valence-corrected chi connectivity index (χ2v) is 3.92. The maximum atomic E-state index is 11.7. The molecule has 0 radical (unpaired) electrons. The van der Waals surface area contributed by atoms with Gasteiger partial charge in [0.05, 0.1) is 38.9 Å². The lowest BCUT2D eigenvalue weighted by atomic mass is 10.3. The van der Waals surface area contributed by atoms with Crippen LogP contribution >= 0.6 is 0 Å². The highest BCUT2D eigenvalue weighted by Crippen LogP contribution is 2.03. The van der Waals surface area contributed by atoms with E-state index < -0.39 is 12.1 Å². The summed E-state index contributed by atoms with van der Waals surface area (Å²) >= 11 is 0.